The number of methoxy groups -OCH3 is 1. The number of carbonyl (C=O) groups is 1. The van der Waals surface area contributed by atoms with Crippen LogP contribution in [0.5, 0.6) is 5.75 Å². The number of nitrogens with one attached hydrogen (secondary N) is 1. The zero-order valence-electron chi connectivity index (χ0n) is 16.1. The summed E-state index contributed by atoms with van der Waals surface area (Å²) in [4.78, 5) is 19.3. The molecule has 1 aliphatic rings. The van der Waals surface area contributed by atoms with Crippen molar-refractivity contribution in [3.8, 4) is 5.75 Å². The van der Waals surface area contributed by atoms with Crippen LogP contribution in [0.3, 0.4) is 0 Å². The fourth-order valence-electron chi connectivity index (χ4n) is 3.58. The van der Waals surface area contributed by atoms with Crippen molar-refractivity contribution in [3.63, 3.8) is 0 Å². The van der Waals surface area contributed by atoms with Crippen LogP contribution >= 0.6 is 0 Å². The first-order valence-electron chi connectivity index (χ1n) is 9.40. The molecule has 1 aromatic heterocycles. The molecule has 0 saturated carbocycles. The number of hydrogen-bond donors (Lipinski definition) is 1. The van der Waals surface area contributed by atoms with Gasteiger partial charge in [0.1, 0.15) is 11.6 Å². The molecular formula is C23H23N3O2. The Morgan fingerprint density at radius 3 is 2.64 bits per heavy atom. The summed E-state index contributed by atoms with van der Waals surface area (Å²) in [6.07, 6.45) is 2.53. The summed E-state index contributed by atoms with van der Waals surface area (Å²) in [6, 6.07) is 19.8. The van der Waals surface area contributed by atoms with E-state index in [-0.39, 0.29) is 11.9 Å². The third-order valence-electron chi connectivity index (χ3n) is 5.07. The van der Waals surface area contributed by atoms with Crippen LogP contribution in [0, 0.1) is 0 Å². The van der Waals surface area contributed by atoms with E-state index in [1.54, 1.807) is 13.3 Å². The minimum Gasteiger partial charge on any atom is -0.497 e. The van der Waals surface area contributed by atoms with Crippen molar-refractivity contribution < 1.29 is 9.53 Å². The standard InChI is InChI=1S/C23H23N3O2/c1-16-13-18-5-3-4-6-21(18)26(16)23(27)19-9-12-22(25-15-19)24-14-17-7-10-20(28-2)11-8-17/h3-12,15-16H,13-14H2,1-2H3,(H,24,25). The lowest BCUT2D eigenvalue weighted by molar-refractivity contribution is 0.0981. The molecule has 2 heterocycles. The van der Waals surface area contributed by atoms with Crippen molar-refractivity contribution in [2.24, 2.45) is 0 Å². The molecule has 0 fully saturated rings. The first kappa shape index (κ1) is 18.0. The van der Waals surface area contributed by atoms with Crippen LogP contribution in [0.15, 0.2) is 66.9 Å². The van der Waals surface area contributed by atoms with Gasteiger partial charge in [-0.2, -0.15) is 0 Å². The minimum absolute atomic E-state index is 0.00773. The second-order valence-corrected chi connectivity index (χ2v) is 6.99. The normalized spacial score (nSPS) is 15.2. The summed E-state index contributed by atoms with van der Waals surface area (Å²) in [6.45, 7) is 2.73. The predicted molar refractivity (Wildman–Crippen MR) is 111 cm³/mol. The minimum atomic E-state index is -0.00773. The number of amides is 1. The molecule has 1 amide bonds. The number of benzene rings is 2. The summed E-state index contributed by atoms with van der Waals surface area (Å²) < 4.78 is 5.17. The number of aromatic nitrogens is 1. The van der Waals surface area contributed by atoms with Crippen LogP contribution < -0.4 is 15.0 Å². The number of hydrogen-bond acceptors (Lipinski definition) is 4. The maximum absolute atomic E-state index is 13.0. The lowest BCUT2D eigenvalue weighted by atomic mass is 10.1. The number of para-hydroxylation sites is 1. The number of carbonyl (C=O) groups excluding carboxylic acids is 1. The van der Waals surface area contributed by atoms with Gasteiger partial charge in [0, 0.05) is 24.5 Å². The van der Waals surface area contributed by atoms with E-state index in [2.05, 4.69) is 23.3 Å². The van der Waals surface area contributed by atoms with E-state index in [0.717, 1.165) is 29.2 Å². The number of anilines is 2. The van der Waals surface area contributed by atoms with Crippen molar-refractivity contribution >= 4 is 17.4 Å². The molecular weight excluding hydrogens is 350 g/mol. The van der Waals surface area contributed by atoms with E-state index >= 15 is 0 Å². The molecule has 5 heteroatoms. The van der Waals surface area contributed by atoms with Crippen LogP contribution in [0.1, 0.15) is 28.4 Å². The molecule has 3 aromatic rings. The molecule has 5 nitrogen and oxygen atoms in total. The lowest BCUT2D eigenvalue weighted by Crippen LogP contribution is -2.35. The van der Waals surface area contributed by atoms with Gasteiger partial charge in [0.05, 0.1) is 12.7 Å². The Morgan fingerprint density at radius 1 is 1.14 bits per heavy atom. The number of rotatable bonds is 5. The van der Waals surface area contributed by atoms with Gasteiger partial charge in [-0.05, 0) is 54.8 Å². The molecule has 2 aromatic carbocycles. The molecule has 1 aliphatic heterocycles. The van der Waals surface area contributed by atoms with E-state index in [1.807, 2.05) is 59.5 Å². The van der Waals surface area contributed by atoms with Gasteiger partial charge in [-0.3, -0.25) is 4.79 Å². The number of fused-ring (bicyclic) bond motifs is 1. The molecule has 0 radical (unpaired) electrons. The molecule has 1 N–H and O–H groups in total. The summed E-state index contributed by atoms with van der Waals surface area (Å²) in [5, 5.41) is 3.28. The zero-order valence-corrected chi connectivity index (χ0v) is 16.1. The van der Waals surface area contributed by atoms with Crippen molar-refractivity contribution in [2.45, 2.75) is 25.9 Å². The third-order valence-corrected chi connectivity index (χ3v) is 5.07. The predicted octanol–water partition coefficient (Wildman–Crippen LogP) is 4.29. The largest absolute Gasteiger partial charge is 0.497 e. The summed E-state index contributed by atoms with van der Waals surface area (Å²) in [5.74, 6) is 1.57. The van der Waals surface area contributed by atoms with Gasteiger partial charge >= 0.3 is 0 Å². The fraction of sp³-hybridized carbons (Fsp3) is 0.217. The van der Waals surface area contributed by atoms with Gasteiger partial charge in [0.15, 0.2) is 0 Å². The molecule has 4 rings (SSSR count). The van der Waals surface area contributed by atoms with Crippen LogP contribution in [0.2, 0.25) is 0 Å². The average molecular weight is 373 g/mol. The highest BCUT2D eigenvalue weighted by molar-refractivity contribution is 6.07. The van der Waals surface area contributed by atoms with Crippen LogP contribution in [-0.4, -0.2) is 24.0 Å². The van der Waals surface area contributed by atoms with Crippen LogP contribution in [0.25, 0.3) is 0 Å². The van der Waals surface area contributed by atoms with E-state index in [9.17, 15) is 4.79 Å². The van der Waals surface area contributed by atoms with E-state index < -0.39 is 0 Å². The van der Waals surface area contributed by atoms with E-state index in [0.29, 0.717) is 12.1 Å². The SMILES string of the molecule is COc1ccc(CNc2ccc(C(=O)N3c4ccccc4CC3C)cn2)cc1. The van der Waals surface area contributed by atoms with Gasteiger partial charge < -0.3 is 15.0 Å². The molecule has 28 heavy (non-hydrogen) atoms. The van der Waals surface area contributed by atoms with Gasteiger partial charge in [-0.25, -0.2) is 4.98 Å². The van der Waals surface area contributed by atoms with Crippen LogP contribution in [0.4, 0.5) is 11.5 Å². The number of nitrogens with zero attached hydrogens (tertiary/aromatic N) is 2. The smallest absolute Gasteiger partial charge is 0.260 e. The molecule has 0 saturated heterocycles. The molecule has 142 valence electrons. The first-order chi connectivity index (χ1) is 13.7. The highest BCUT2D eigenvalue weighted by Crippen LogP contribution is 2.33. The third kappa shape index (κ3) is 3.56. The van der Waals surface area contributed by atoms with Gasteiger partial charge in [0.25, 0.3) is 5.91 Å². The van der Waals surface area contributed by atoms with E-state index in [1.165, 1.54) is 5.56 Å². The zero-order chi connectivity index (χ0) is 19.5. The first-order valence-corrected chi connectivity index (χ1v) is 9.40. The Labute approximate surface area is 165 Å². The summed E-state index contributed by atoms with van der Waals surface area (Å²) >= 11 is 0. The highest BCUT2D eigenvalue weighted by Gasteiger charge is 2.31. The Kier molecular flexibility index (Phi) is 4.98. The highest BCUT2D eigenvalue weighted by atomic mass is 16.5. The maximum atomic E-state index is 13.0. The Balaban J connectivity index is 1.43. The molecule has 1 unspecified atom stereocenters. The summed E-state index contributed by atoms with van der Waals surface area (Å²) in [5.41, 5.74) is 3.94. The number of pyridine rings is 1. The Bertz CT molecular complexity index is 968. The second-order valence-electron chi connectivity index (χ2n) is 6.99. The van der Waals surface area contributed by atoms with Crippen molar-refractivity contribution in [1.29, 1.82) is 0 Å². The van der Waals surface area contributed by atoms with Gasteiger partial charge in [-0.15, -0.1) is 0 Å². The molecule has 0 spiro atoms. The van der Waals surface area contributed by atoms with Crippen molar-refractivity contribution in [2.75, 3.05) is 17.3 Å². The molecule has 0 aliphatic carbocycles. The van der Waals surface area contributed by atoms with E-state index in [4.69, 9.17) is 4.74 Å². The Hall–Kier alpha value is -3.34. The van der Waals surface area contributed by atoms with Crippen molar-refractivity contribution in [3.05, 3.63) is 83.6 Å². The van der Waals surface area contributed by atoms with Crippen molar-refractivity contribution in [1.82, 2.24) is 4.98 Å². The quantitative estimate of drug-likeness (QED) is 0.725. The average Bonchev–Trinajstić information content (AvgIpc) is 3.08. The second kappa shape index (κ2) is 7.72. The number of ether oxygens (including phenoxy) is 1. The fourth-order valence-corrected chi connectivity index (χ4v) is 3.58. The Morgan fingerprint density at radius 2 is 1.93 bits per heavy atom. The summed E-state index contributed by atoms with van der Waals surface area (Å²) in [7, 11) is 1.65. The molecule has 0 bridgehead atoms. The van der Waals surface area contributed by atoms with Gasteiger partial charge in [-0.1, -0.05) is 30.3 Å². The van der Waals surface area contributed by atoms with Crippen LogP contribution in [-0.2, 0) is 13.0 Å². The molecule has 1 atom stereocenters. The maximum Gasteiger partial charge on any atom is 0.260 e. The topological polar surface area (TPSA) is 54.5 Å². The monoisotopic (exact) mass is 373 g/mol. The van der Waals surface area contributed by atoms with Gasteiger partial charge in [0.2, 0.25) is 0 Å². The lowest BCUT2D eigenvalue weighted by Gasteiger charge is -2.22.